The number of hydrogen-bond acceptors (Lipinski definition) is 6. The molecule has 1 atom stereocenters. The van der Waals surface area contributed by atoms with Gasteiger partial charge in [-0.25, -0.2) is 0 Å². The maximum Gasteiger partial charge on any atom is 0.119 e. The van der Waals surface area contributed by atoms with Crippen LogP contribution in [0.1, 0.15) is 25.3 Å². The van der Waals surface area contributed by atoms with Crippen LogP contribution in [0.3, 0.4) is 0 Å². The number of aromatic nitrogens is 2. The first kappa shape index (κ1) is 21.8. The Hall–Kier alpha value is -1.93. The van der Waals surface area contributed by atoms with Gasteiger partial charge in [0, 0.05) is 45.1 Å². The first-order valence-corrected chi connectivity index (χ1v) is 10.6. The zero-order valence-electron chi connectivity index (χ0n) is 17.4. The van der Waals surface area contributed by atoms with Crippen LogP contribution in [0.2, 0.25) is 0 Å². The van der Waals surface area contributed by atoms with E-state index in [9.17, 15) is 10.2 Å². The molecular formula is C22H34N4O3. The van der Waals surface area contributed by atoms with Crippen LogP contribution in [-0.4, -0.2) is 81.3 Å². The van der Waals surface area contributed by atoms with E-state index >= 15 is 0 Å². The Kier molecular flexibility index (Phi) is 8.49. The summed E-state index contributed by atoms with van der Waals surface area (Å²) in [5.41, 5.74) is 1.20. The van der Waals surface area contributed by atoms with Gasteiger partial charge in [-0.15, -0.1) is 0 Å². The van der Waals surface area contributed by atoms with E-state index in [1.54, 1.807) is 6.20 Å². The molecule has 1 aliphatic rings. The van der Waals surface area contributed by atoms with Gasteiger partial charge in [0.2, 0.25) is 0 Å². The molecule has 160 valence electrons. The zero-order chi connectivity index (χ0) is 20.5. The molecule has 1 saturated heterocycles. The molecule has 7 nitrogen and oxygen atoms in total. The van der Waals surface area contributed by atoms with Crippen LogP contribution in [0.5, 0.6) is 5.75 Å². The van der Waals surface area contributed by atoms with Crippen molar-refractivity contribution in [2.75, 3.05) is 39.3 Å². The Morgan fingerprint density at radius 2 is 2.10 bits per heavy atom. The summed E-state index contributed by atoms with van der Waals surface area (Å²) in [5.74, 6) is 0.791. The molecule has 1 aromatic carbocycles. The average molecular weight is 403 g/mol. The second-order valence-electron chi connectivity index (χ2n) is 7.78. The van der Waals surface area contributed by atoms with E-state index in [1.807, 2.05) is 29.1 Å². The minimum atomic E-state index is -0.532. The lowest BCUT2D eigenvalue weighted by molar-refractivity contribution is 0.0337. The van der Waals surface area contributed by atoms with Gasteiger partial charge in [-0.1, -0.05) is 19.1 Å². The number of aliphatic hydroxyl groups excluding tert-OH is 2. The fraction of sp³-hybridized carbons (Fsp3) is 0.591. The lowest BCUT2D eigenvalue weighted by Crippen LogP contribution is -2.41. The molecule has 0 saturated carbocycles. The number of benzene rings is 1. The highest BCUT2D eigenvalue weighted by atomic mass is 16.5. The monoisotopic (exact) mass is 402 g/mol. The van der Waals surface area contributed by atoms with Crippen LogP contribution >= 0.6 is 0 Å². The SMILES string of the molecule is CCN(CCn1cccn1)Cc1cccc(OCC(O)CN2CCC(O)CC2)c1. The highest BCUT2D eigenvalue weighted by Gasteiger charge is 2.19. The van der Waals surface area contributed by atoms with Crippen LogP contribution in [0, 0.1) is 0 Å². The van der Waals surface area contributed by atoms with Crippen LogP contribution in [0.15, 0.2) is 42.7 Å². The summed E-state index contributed by atoms with van der Waals surface area (Å²) in [4.78, 5) is 4.57. The summed E-state index contributed by atoms with van der Waals surface area (Å²) in [6.45, 7) is 8.33. The fourth-order valence-electron chi connectivity index (χ4n) is 3.66. The largest absolute Gasteiger partial charge is 0.491 e. The number of ether oxygens (including phenoxy) is 1. The number of piperidine rings is 1. The molecule has 1 unspecified atom stereocenters. The molecule has 2 heterocycles. The number of likely N-dealkylation sites (tertiary alicyclic amines) is 1. The predicted octanol–water partition coefficient (Wildman–Crippen LogP) is 1.60. The third kappa shape index (κ3) is 7.44. The van der Waals surface area contributed by atoms with Crippen molar-refractivity contribution in [3.05, 3.63) is 48.3 Å². The minimum absolute atomic E-state index is 0.190. The highest BCUT2D eigenvalue weighted by molar-refractivity contribution is 5.28. The van der Waals surface area contributed by atoms with E-state index in [2.05, 4.69) is 34.0 Å². The van der Waals surface area contributed by atoms with E-state index in [-0.39, 0.29) is 12.7 Å². The van der Waals surface area contributed by atoms with Gasteiger partial charge in [0.15, 0.2) is 0 Å². The van der Waals surface area contributed by atoms with Crippen molar-refractivity contribution in [1.82, 2.24) is 19.6 Å². The average Bonchev–Trinajstić information content (AvgIpc) is 3.25. The molecular weight excluding hydrogens is 368 g/mol. The third-order valence-electron chi connectivity index (χ3n) is 5.42. The van der Waals surface area contributed by atoms with Crippen molar-refractivity contribution in [2.45, 2.75) is 45.1 Å². The number of hydrogen-bond donors (Lipinski definition) is 2. The van der Waals surface area contributed by atoms with E-state index in [0.29, 0.717) is 6.54 Å². The normalized spacial score (nSPS) is 17.0. The molecule has 0 aliphatic carbocycles. The van der Waals surface area contributed by atoms with Crippen LogP contribution < -0.4 is 4.74 Å². The van der Waals surface area contributed by atoms with E-state index < -0.39 is 6.10 Å². The molecule has 0 amide bonds. The lowest BCUT2D eigenvalue weighted by Gasteiger charge is -2.30. The van der Waals surface area contributed by atoms with Gasteiger partial charge >= 0.3 is 0 Å². The molecule has 7 heteroatoms. The van der Waals surface area contributed by atoms with Crippen molar-refractivity contribution in [3.8, 4) is 5.75 Å². The Morgan fingerprint density at radius 1 is 1.28 bits per heavy atom. The summed E-state index contributed by atoms with van der Waals surface area (Å²) >= 11 is 0. The maximum atomic E-state index is 10.3. The van der Waals surface area contributed by atoms with Crippen LogP contribution in [0.25, 0.3) is 0 Å². The summed E-state index contributed by atoms with van der Waals surface area (Å²) in [7, 11) is 0. The van der Waals surface area contributed by atoms with Crippen molar-refractivity contribution in [2.24, 2.45) is 0 Å². The summed E-state index contributed by atoms with van der Waals surface area (Å²) in [5, 5.41) is 24.1. The maximum absolute atomic E-state index is 10.3. The molecule has 29 heavy (non-hydrogen) atoms. The lowest BCUT2D eigenvalue weighted by atomic mass is 10.1. The Bertz CT molecular complexity index is 702. The van der Waals surface area contributed by atoms with Gasteiger partial charge in [-0.05, 0) is 43.1 Å². The zero-order valence-corrected chi connectivity index (χ0v) is 17.4. The standard InChI is InChI=1S/C22H34N4O3/c1-2-24(13-14-26-10-4-9-23-26)16-19-5-3-6-22(15-19)29-18-21(28)17-25-11-7-20(27)8-12-25/h3-6,9-10,15,20-21,27-28H,2,7-8,11-14,16-18H2,1H3. The summed E-state index contributed by atoms with van der Waals surface area (Å²) in [6.07, 6.45) is 4.63. The molecule has 1 fully saturated rings. The second kappa shape index (κ2) is 11.3. The molecule has 0 bridgehead atoms. The predicted molar refractivity (Wildman–Crippen MR) is 113 cm³/mol. The Labute approximate surface area is 173 Å². The number of aliphatic hydroxyl groups is 2. The summed E-state index contributed by atoms with van der Waals surface area (Å²) in [6, 6.07) is 10.1. The highest BCUT2D eigenvalue weighted by Crippen LogP contribution is 2.16. The second-order valence-corrected chi connectivity index (χ2v) is 7.78. The molecule has 1 aliphatic heterocycles. The molecule has 2 N–H and O–H groups in total. The molecule has 0 radical (unpaired) electrons. The fourth-order valence-corrected chi connectivity index (χ4v) is 3.66. The van der Waals surface area contributed by atoms with E-state index in [0.717, 1.165) is 57.9 Å². The smallest absolute Gasteiger partial charge is 0.119 e. The van der Waals surface area contributed by atoms with Gasteiger partial charge in [-0.2, -0.15) is 5.10 Å². The topological polar surface area (TPSA) is 74.0 Å². The van der Waals surface area contributed by atoms with E-state index in [1.165, 1.54) is 5.56 Å². The van der Waals surface area contributed by atoms with Crippen molar-refractivity contribution in [1.29, 1.82) is 0 Å². The van der Waals surface area contributed by atoms with Crippen LogP contribution in [0.4, 0.5) is 0 Å². The van der Waals surface area contributed by atoms with Crippen molar-refractivity contribution in [3.63, 3.8) is 0 Å². The quantitative estimate of drug-likeness (QED) is 0.595. The first-order valence-electron chi connectivity index (χ1n) is 10.6. The van der Waals surface area contributed by atoms with Gasteiger partial charge in [-0.3, -0.25) is 9.58 Å². The van der Waals surface area contributed by atoms with Gasteiger partial charge in [0.1, 0.15) is 18.5 Å². The third-order valence-corrected chi connectivity index (χ3v) is 5.42. The van der Waals surface area contributed by atoms with Crippen molar-refractivity contribution < 1.29 is 14.9 Å². The van der Waals surface area contributed by atoms with E-state index in [4.69, 9.17) is 4.74 Å². The van der Waals surface area contributed by atoms with Crippen molar-refractivity contribution >= 4 is 0 Å². The van der Waals surface area contributed by atoms with Gasteiger partial charge in [0.05, 0.1) is 12.6 Å². The number of rotatable bonds is 11. The van der Waals surface area contributed by atoms with Crippen LogP contribution in [-0.2, 0) is 13.1 Å². The Morgan fingerprint density at radius 3 is 2.83 bits per heavy atom. The van der Waals surface area contributed by atoms with Gasteiger partial charge < -0.3 is 19.8 Å². The summed E-state index contributed by atoms with van der Waals surface area (Å²) < 4.78 is 7.80. The number of nitrogens with zero attached hydrogens (tertiary/aromatic N) is 4. The van der Waals surface area contributed by atoms with Gasteiger partial charge in [0.25, 0.3) is 0 Å². The molecule has 2 aromatic rings. The Balaban J connectivity index is 1.43. The number of likely N-dealkylation sites (N-methyl/N-ethyl adjacent to an activating group) is 1. The molecule has 3 rings (SSSR count). The first-order chi connectivity index (χ1) is 14.1. The minimum Gasteiger partial charge on any atom is -0.491 e. The molecule has 0 spiro atoms. The number of β-amino-alcohol motifs (C(OH)–C–C–N with tert-alkyl or cyclic N) is 1. The molecule has 1 aromatic heterocycles.